The van der Waals surface area contributed by atoms with Crippen LogP contribution in [0.5, 0.6) is 0 Å². The number of aryl methyl sites for hydroxylation is 1. The predicted octanol–water partition coefficient (Wildman–Crippen LogP) is 3.89. The van der Waals surface area contributed by atoms with Gasteiger partial charge in [0.1, 0.15) is 5.82 Å². The highest BCUT2D eigenvalue weighted by molar-refractivity contribution is 7.99. The number of carboxylic acid groups (broad SMARTS) is 1. The summed E-state index contributed by atoms with van der Waals surface area (Å²) in [5, 5.41) is 9.82. The van der Waals surface area contributed by atoms with E-state index in [1.165, 1.54) is 25.7 Å². The molecule has 0 aliphatic heterocycles. The molecule has 0 saturated heterocycles. The molecule has 2 atom stereocenters. The van der Waals surface area contributed by atoms with Crippen molar-refractivity contribution in [3.05, 3.63) is 29.6 Å². The summed E-state index contributed by atoms with van der Waals surface area (Å²) in [6, 6.07) is 5.74. The highest BCUT2D eigenvalue weighted by Crippen LogP contribution is 2.36. The highest BCUT2D eigenvalue weighted by atomic mass is 32.2. The van der Waals surface area contributed by atoms with Gasteiger partial charge in [0.15, 0.2) is 0 Å². The van der Waals surface area contributed by atoms with Crippen molar-refractivity contribution >= 4 is 28.8 Å². The molecular weight excluding hydrogens is 284 g/mol. The zero-order valence-electron chi connectivity index (χ0n) is 12.4. The smallest absolute Gasteiger partial charge is 0.335 e. The summed E-state index contributed by atoms with van der Waals surface area (Å²) in [5.74, 6) is 0.0866. The molecule has 0 amide bonds. The first-order valence-electron chi connectivity index (χ1n) is 7.35. The van der Waals surface area contributed by atoms with Crippen molar-refractivity contribution in [2.24, 2.45) is 0 Å². The lowest BCUT2D eigenvalue weighted by atomic mass is 9.94. The van der Waals surface area contributed by atoms with Crippen molar-refractivity contribution in [1.29, 1.82) is 0 Å². The fraction of sp³-hybridized carbons (Fsp3) is 0.500. The molecule has 0 radical (unpaired) electrons. The van der Waals surface area contributed by atoms with Crippen LogP contribution in [-0.2, 0) is 0 Å². The second-order valence-corrected chi connectivity index (χ2v) is 6.85. The molecule has 1 heterocycles. The van der Waals surface area contributed by atoms with Gasteiger partial charge in [0.2, 0.25) is 0 Å². The summed E-state index contributed by atoms with van der Waals surface area (Å²) < 4.78 is 2.31. The van der Waals surface area contributed by atoms with Gasteiger partial charge in [0, 0.05) is 11.3 Å². The number of aromatic carboxylic acids is 1. The maximum absolute atomic E-state index is 11.1. The standard InChI is InChI=1S/C16H20N2O2S/c1-10-17-14-8-11(16(19)20)6-7-15(14)18(10)12-4-3-5-13(9-12)21-2/h6-8,12-13H,3-5,9H2,1-2H3,(H,19,20). The Kier molecular flexibility index (Phi) is 3.93. The molecule has 0 spiro atoms. The first-order chi connectivity index (χ1) is 10.1. The topological polar surface area (TPSA) is 55.1 Å². The third-order valence-corrected chi connectivity index (χ3v) is 5.50. The first-order valence-corrected chi connectivity index (χ1v) is 8.63. The van der Waals surface area contributed by atoms with Crippen molar-refractivity contribution in [2.75, 3.05) is 6.26 Å². The van der Waals surface area contributed by atoms with Crippen LogP contribution in [0, 0.1) is 6.92 Å². The highest BCUT2D eigenvalue weighted by Gasteiger charge is 2.25. The van der Waals surface area contributed by atoms with E-state index in [0.29, 0.717) is 11.6 Å². The minimum Gasteiger partial charge on any atom is -0.478 e. The van der Waals surface area contributed by atoms with E-state index in [4.69, 9.17) is 5.11 Å². The fourth-order valence-electron chi connectivity index (χ4n) is 3.38. The molecule has 1 aliphatic carbocycles. The Labute approximate surface area is 128 Å². The Morgan fingerprint density at radius 2 is 2.24 bits per heavy atom. The van der Waals surface area contributed by atoms with Crippen molar-refractivity contribution in [3.8, 4) is 0 Å². The number of fused-ring (bicyclic) bond motifs is 1. The van der Waals surface area contributed by atoms with Crippen LogP contribution in [0.1, 0.15) is 47.9 Å². The van der Waals surface area contributed by atoms with Crippen LogP contribution in [-0.4, -0.2) is 32.1 Å². The van der Waals surface area contributed by atoms with Crippen LogP contribution in [0.2, 0.25) is 0 Å². The number of imidazole rings is 1. The van der Waals surface area contributed by atoms with E-state index in [2.05, 4.69) is 15.8 Å². The van der Waals surface area contributed by atoms with E-state index >= 15 is 0 Å². The molecule has 1 N–H and O–H groups in total. The average Bonchev–Trinajstić information content (AvgIpc) is 2.82. The number of carboxylic acids is 1. The molecule has 1 aliphatic rings. The summed E-state index contributed by atoms with van der Waals surface area (Å²) in [6.07, 6.45) is 7.10. The quantitative estimate of drug-likeness (QED) is 0.934. The Bertz CT molecular complexity index is 680. The van der Waals surface area contributed by atoms with Crippen LogP contribution in [0.4, 0.5) is 0 Å². The second kappa shape index (κ2) is 5.72. The number of thioether (sulfide) groups is 1. The largest absolute Gasteiger partial charge is 0.478 e. The molecule has 3 rings (SSSR count). The molecule has 5 heteroatoms. The van der Waals surface area contributed by atoms with Crippen LogP contribution in [0.25, 0.3) is 11.0 Å². The number of hydrogen-bond donors (Lipinski definition) is 1. The number of carbonyl (C=O) groups is 1. The van der Waals surface area contributed by atoms with Crippen LogP contribution >= 0.6 is 11.8 Å². The van der Waals surface area contributed by atoms with Gasteiger partial charge in [-0.3, -0.25) is 0 Å². The van der Waals surface area contributed by atoms with Gasteiger partial charge in [-0.2, -0.15) is 11.8 Å². The Morgan fingerprint density at radius 3 is 2.95 bits per heavy atom. The third kappa shape index (κ3) is 2.67. The van der Waals surface area contributed by atoms with E-state index in [1.54, 1.807) is 12.1 Å². The van der Waals surface area contributed by atoms with Crippen molar-refractivity contribution in [2.45, 2.75) is 43.9 Å². The SMILES string of the molecule is CSC1CCCC(n2c(C)nc3cc(C(=O)O)ccc32)C1. The summed E-state index contributed by atoms with van der Waals surface area (Å²) in [5.41, 5.74) is 2.15. The maximum Gasteiger partial charge on any atom is 0.335 e. The molecule has 1 aromatic heterocycles. The summed E-state index contributed by atoms with van der Waals surface area (Å²) in [7, 11) is 0. The Morgan fingerprint density at radius 1 is 1.43 bits per heavy atom. The van der Waals surface area contributed by atoms with Crippen molar-refractivity contribution in [1.82, 2.24) is 9.55 Å². The molecule has 1 aromatic carbocycles. The average molecular weight is 304 g/mol. The maximum atomic E-state index is 11.1. The summed E-state index contributed by atoms with van der Waals surface area (Å²) in [6.45, 7) is 2.02. The van der Waals surface area contributed by atoms with Gasteiger partial charge in [-0.15, -0.1) is 0 Å². The summed E-state index contributed by atoms with van der Waals surface area (Å²) in [4.78, 5) is 15.7. The van der Waals surface area contributed by atoms with E-state index in [1.807, 2.05) is 24.8 Å². The Hall–Kier alpha value is -1.49. The third-order valence-electron chi connectivity index (χ3n) is 4.41. The zero-order chi connectivity index (χ0) is 15.0. The van der Waals surface area contributed by atoms with E-state index in [9.17, 15) is 4.79 Å². The monoisotopic (exact) mass is 304 g/mol. The minimum atomic E-state index is -0.899. The number of nitrogens with zero attached hydrogens (tertiary/aromatic N) is 2. The first kappa shape index (κ1) is 14.4. The van der Waals surface area contributed by atoms with Gasteiger partial charge < -0.3 is 9.67 Å². The van der Waals surface area contributed by atoms with Gasteiger partial charge in [0.05, 0.1) is 16.6 Å². The van der Waals surface area contributed by atoms with E-state index < -0.39 is 5.97 Å². The summed E-state index contributed by atoms with van der Waals surface area (Å²) >= 11 is 1.95. The molecular formula is C16H20N2O2S. The van der Waals surface area contributed by atoms with Crippen molar-refractivity contribution in [3.63, 3.8) is 0 Å². The number of rotatable bonds is 3. The van der Waals surface area contributed by atoms with Gasteiger partial charge in [0.25, 0.3) is 0 Å². The number of benzene rings is 1. The van der Waals surface area contributed by atoms with Gasteiger partial charge in [-0.1, -0.05) is 6.42 Å². The molecule has 2 unspecified atom stereocenters. The minimum absolute atomic E-state index is 0.304. The van der Waals surface area contributed by atoms with Crippen LogP contribution in [0.15, 0.2) is 18.2 Å². The number of aromatic nitrogens is 2. The van der Waals surface area contributed by atoms with Crippen LogP contribution < -0.4 is 0 Å². The molecule has 0 bridgehead atoms. The second-order valence-electron chi connectivity index (χ2n) is 5.72. The van der Waals surface area contributed by atoms with E-state index in [-0.39, 0.29) is 0 Å². The Balaban J connectivity index is 2.02. The van der Waals surface area contributed by atoms with Gasteiger partial charge in [-0.25, -0.2) is 9.78 Å². The molecule has 21 heavy (non-hydrogen) atoms. The van der Waals surface area contributed by atoms with Gasteiger partial charge >= 0.3 is 5.97 Å². The molecule has 1 fully saturated rings. The zero-order valence-corrected chi connectivity index (χ0v) is 13.2. The molecule has 112 valence electrons. The van der Waals surface area contributed by atoms with Gasteiger partial charge in [-0.05, 0) is 50.6 Å². The molecule has 2 aromatic rings. The predicted molar refractivity (Wildman–Crippen MR) is 86.2 cm³/mol. The lowest BCUT2D eigenvalue weighted by molar-refractivity contribution is 0.0697. The van der Waals surface area contributed by atoms with E-state index in [0.717, 1.165) is 22.1 Å². The normalized spacial score (nSPS) is 22.6. The fourth-order valence-corrected chi connectivity index (χ4v) is 4.20. The molecule has 4 nitrogen and oxygen atoms in total. The van der Waals surface area contributed by atoms with Crippen LogP contribution in [0.3, 0.4) is 0 Å². The van der Waals surface area contributed by atoms with Crippen molar-refractivity contribution < 1.29 is 9.90 Å². The lowest BCUT2D eigenvalue weighted by Crippen LogP contribution is -2.21. The molecule has 1 saturated carbocycles. The lowest BCUT2D eigenvalue weighted by Gasteiger charge is -2.30. The number of hydrogen-bond acceptors (Lipinski definition) is 3.